The van der Waals surface area contributed by atoms with Gasteiger partial charge in [0.05, 0.1) is 29.7 Å². The van der Waals surface area contributed by atoms with Crippen LogP contribution in [0.5, 0.6) is 5.75 Å². The summed E-state index contributed by atoms with van der Waals surface area (Å²) in [5, 5.41) is 8.36. The second-order valence-corrected chi connectivity index (χ2v) is 8.91. The third-order valence-electron chi connectivity index (χ3n) is 5.67. The van der Waals surface area contributed by atoms with E-state index in [1.54, 1.807) is 12.1 Å². The Morgan fingerprint density at radius 2 is 1.73 bits per heavy atom. The van der Waals surface area contributed by atoms with Gasteiger partial charge < -0.3 is 30.5 Å². The molecule has 3 N–H and O–H groups in total. The van der Waals surface area contributed by atoms with Crippen LogP contribution in [0.25, 0.3) is 0 Å². The average Bonchev–Trinajstić information content (AvgIpc) is 2.91. The maximum absolute atomic E-state index is 12.8. The fourth-order valence-corrected chi connectivity index (χ4v) is 3.51. The molecule has 10 nitrogen and oxygen atoms in total. The maximum Gasteiger partial charge on any atom is 0.416 e. The number of halogens is 3. The van der Waals surface area contributed by atoms with Crippen molar-refractivity contribution in [3.8, 4) is 5.75 Å². The number of benzene rings is 2. The van der Waals surface area contributed by atoms with Gasteiger partial charge in [0.2, 0.25) is 11.9 Å². The number of carbonyl (C=O) groups is 2. The van der Waals surface area contributed by atoms with E-state index in [1.165, 1.54) is 19.4 Å². The van der Waals surface area contributed by atoms with E-state index in [1.807, 2.05) is 30.9 Å². The van der Waals surface area contributed by atoms with Crippen LogP contribution in [0.2, 0.25) is 0 Å². The van der Waals surface area contributed by atoms with Crippen LogP contribution in [0.15, 0.2) is 61.3 Å². The molecule has 3 rings (SSSR count). The SMILES string of the molecule is C=CC(=O)Nc1cc(Nc2nccc(NC(=O)c3ccc(C(F)(F)F)cc3)n2)c(OC)cc1N(C)CCN(C)C. The number of hydrogen-bond donors (Lipinski definition) is 3. The summed E-state index contributed by atoms with van der Waals surface area (Å²) in [5.41, 5.74) is 0.793. The van der Waals surface area contributed by atoms with Gasteiger partial charge in [0.25, 0.3) is 5.91 Å². The number of rotatable bonds is 11. The van der Waals surface area contributed by atoms with Gasteiger partial charge in [-0.3, -0.25) is 9.59 Å². The van der Waals surface area contributed by atoms with E-state index in [-0.39, 0.29) is 17.3 Å². The minimum absolute atomic E-state index is 0.0272. The van der Waals surface area contributed by atoms with Crippen molar-refractivity contribution in [2.24, 2.45) is 0 Å². The van der Waals surface area contributed by atoms with Gasteiger partial charge in [-0.15, -0.1) is 0 Å². The van der Waals surface area contributed by atoms with Gasteiger partial charge in [0.15, 0.2) is 0 Å². The largest absolute Gasteiger partial charge is 0.494 e. The van der Waals surface area contributed by atoms with Gasteiger partial charge in [-0.25, -0.2) is 4.98 Å². The van der Waals surface area contributed by atoms with Crippen molar-refractivity contribution in [1.82, 2.24) is 14.9 Å². The lowest BCUT2D eigenvalue weighted by Gasteiger charge is -2.26. The second kappa shape index (κ2) is 12.9. The Labute approximate surface area is 229 Å². The number of ether oxygens (including phenoxy) is 1. The Kier molecular flexibility index (Phi) is 9.67. The normalized spacial score (nSPS) is 11.1. The molecular formula is C27H30F3N7O3. The number of aromatic nitrogens is 2. The molecule has 0 saturated heterocycles. The summed E-state index contributed by atoms with van der Waals surface area (Å²) >= 11 is 0. The fourth-order valence-electron chi connectivity index (χ4n) is 3.51. The van der Waals surface area contributed by atoms with Crippen LogP contribution in [-0.4, -0.2) is 68.0 Å². The van der Waals surface area contributed by atoms with E-state index in [9.17, 15) is 22.8 Å². The Morgan fingerprint density at radius 1 is 1.02 bits per heavy atom. The lowest BCUT2D eigenvalue weighted by atomic mass is 10.1. The predicted molar refractivity (Wildman–Crippen MR) is 148 cm³/mol. The Balaban J connectivity index is 1.85. The lowest BCUT2D eigenvalue weighted by molar-refractivity contribution is -0.137. The van der Waals surface area contributed by atoms with Crippen molar-refractivity contribution < 1.29 is 27.5 Å². The van der Waals surface area contributed by atoms with Gasteiger partial charge in [-0.05, 0) is 56.6 Å². The quantitative estimate of drug-likeness (QED) is 0.293. The van der Waals surface area contributed by atoms with Crippen LogP contribution in [-0.2, 0) is 11.0 Å². The number of amides is 2. The van der Waals surface area contributed by atoms with Crippen molar-refractivity contribution in [2.75, 3.05) is 62.2 Å². The third-order valence-corrected chi connectivity index (χ3v) is 5.67. The Morgan fingerprint density at radius 3 is 2.33 bits per heavy atom. The molecule has 212 valence electrons. The zero-order valence-corrected chi connectivity index (χ0v) is 22.5. The van der Waals surface area contributed by atoms with Crippen molar-refractivity contribution in [1.29, 1.82) is 0 Å². The monoisotopic (exact) mass is 557 g/mol. The summed E-state index contributed by atoms with van der Waals surface area (Å²) in [4.78, 5) is 37.2. The number of hydrogen-bond acceptors (Lipinski definition) is 8. The highest BCUT2D eigenvalue weighted by Crippen LogP contribution is 2.38. The zero-order chi connectivity index (χ0) is 29.4. The van der Waals surface area contributed by atoms with Crippen LogP contribution >= 0.6 is 0 Å². The molecule has 0 bridgehead atoms. The first kappa shape index (κ1) is 29.9. The number of nitrogens with zero attached hydrogens (tertiary/aromatic N) is 4. The molecule has 2 amide bonds. The Hall–Kier alpha value is -4.65. The predicted octanol–water partition coefficient (Wildman–Crippen LogP) is 4.62. The number of likely N-dealkylation sites (N-methyl/N-ethyl adjacent to an activating group) is 2. The van der Waals surface area contributed by atoms with E-state index in [0.29, 0.717) is 29.4 Å². The van der Waals surface area contributed by atoms with E-state index in [2.05, 4.69) is 32.5 Å². The molecule has 0 spiro atoms. The van der Waals surface area contributed by atoms with E-state index >= 15 is 0 Å². The average molecular weight is 558 g/mol. The molecule has 2 aromatic carbocycles. The Bertz CT molecular complexity index is 1360. The van der Waals surface area contributed by atoms with Crippen molar-refractivity contribution in [3.63, 3.8) is 0 Å². The van der Waals surface area contributed by atoms with Crippen LogP contribution < -0.4 is 25.6 Å². The molecule has 0 aliphatic carbocycles. The molecule has 0 radical (unpaired) electrons. The number of carbonyl (C=O) groups excluding carboxylic acids is 2. The molecule has 0 aliphatic heterocycles. The van der Waals surface area contributed by atoms with Gasteiger partial charge >= 0.3 is 6.18 Å². The lowest BCUT2D eigenvalue weighted by Crippen LogP contribution is -2.29. The highest BCUT2D eigenvalue weighted by Gasteiger charge is 2.30. The topological polar surface area (TPSA) is 112 Å². The summed E-state index contributed by atoms with van der Waals surface area (Å²) in [6.45, 7) is 4.95. The number of nitrogens with one attached hydrogen (secondary N) is 3. The molecule has 0 aliphatic rings. The first-order valence-electron chi connectivity index (χ1n) is 12.0. The first-order chi connectivity index (χ1) is 18.9. The van der Waals surface area contributed by atoms with Crippen LogP contribution in [0, 0.1) is 0 Å². The van der Waals surface area contributed by atoms with Crippen LogP contribution in [0.3, 0.4) is 0 Å². The van der Waals surface area contributed by atoms with Crippen LogP contribution in [0.4, 0.5) is 42.0 Å². The van der Waals surface area contributed by atoms with Gasteiger partial charge in [0.1, 0.15) is 11.6 Å². The number of methoxy groups -OCH3 is 1. The molecule has 1 heterocycles. The van der Waals surface area contributed by atoms with Crippen LogP contribution in [0.1, 0.15) is 15.9 Å². The van der Waals surface area contributed by atoms with Gasteiger partial charge in [-0.1, -0.05) is 6.58 Å². The molecule has 40 heavy (non-hydrogen) atoms. The minimum Gasteiger partial charge on any atom is -0.494 e. The second-order valence-electron chi connectivity index (χ2n) is 8.91. The summed E-state index contributed by atoms with van der Waals surface area (Å²) in [6, 6.07) is 8.69. The molecule has 0 atom stereocenters. The summed E-state index contributed by atoms with van der Waals surface area (Å²) in [5.74, 6) is -0.399. The first-order valence-corrected chi connectivity index (χ1v) is 12.0. The zero-order valence-electron chi connectivity index (χ0n) is 22.5. The minimum atomic E-state index is -4.50. The molecular weight excluding hydrogens is 527 g/mol. The summed E-state index contributed by atoms with van der Waals surface area (Å²) in [7, 11) is 7.30. The molecule has 13 heteroatoms. The highest BCUT2D eigenvalue weighted by atomic mass is 19.4. The van der Waals surface area contributed by atoms with Gasteiger partial charge in [-0.2, -0.15) is 18.2 Å². The number of anilines is 5. The summed E-state index contributed by atoms with van der Waals surface area (Å²) < 4.78 is 44.0. The highest BCUT2D eigenvalue weighted by molar-refractivity contribution is 6.04. The summed E-state index contributed by atoms with van der Waals surface area (Å²) in [6.07, 6.45) is -1.95. The fraction of sp³-hybridized carbons (Fsp3) is 0.259. The molecule has 0 fully saturated rings. The third kappa shape index (κ3) is 7.93. The van der Waals surface area contributed by atoms with Gasteiger partial charge in [0, 0.05) is 38.0 Å². The number of alkyl halides is 3. The molecule has 3 aromatic rings. The van der Waals surface area contributed by atoms with E-state index in [0.717, 1.165) is 36.9 Å². The maximum atomic E-state index is 12.8. The van der Waals surface area contributed by atoms with E-state index < -0.39 is 23.6 Å². The van der Waals surface area contributed by atoms with Crippen molar-refractivity contribution in [2.45, 2.75) is 6.18 Å². The molecule has 0 unspecified atom stereocenters. The van der Waals surface area contributed by atoms with E-state index in [4.69, 9.17) is 4.74 Å². The molecule has 0 saturated carbocycles. The molecule has 1 aromatic heterocycles. The standard InChI is InChI=1S/C27H30F3N7O3/c1-6-24(38)32-19-15-20(22(40-5)16-21(19)37(4)14-13-36(2)3)33-26-31-12-11-23(35-26)34-25(39)17-7-9-18(10-8-17)27(28,29)30/h6-12,15-16H,1,13-14H2,2-5H3,(H,32,38)(H2,31,33,34,35,39). The van der Waals surface area contributed by atoms with Crippen molar-refractivity contribution >= 4 is 40.6 Å². The van der Waals surface area contributed by atoms with Crippen molar-refractivity contribution in [3.05, 3.63) is 72.4 Å². The smallest absolute Gasteiger partial charge is 0.416 e.